The molecule has 1 heterocycles. The summed E-state index contributed by atoms with van der Waals surface area (Å²) >= 11 is 5.85. The summed E-state index contributed by atoms with van der Waals surface area (Å²) in [5, 5.41) is 5.48. The van der Waals surface area contributed by atoms with E-state index in [2.05, 4.69) is 5.32 Å². The highest BCUT2D eigenvalue weighted by Crippen LogP contribution is 2.38. The van der Waals surface area contributed by atoms with Crippen molar-refractivity contribution in [3.63, 3.8) is 0 Å². The van der Waals surface area contributed by atoms with E-state index in [-0.39, 0.29) is 17.7 Å². The SMILES string of the molecule is O=C(NCCCCCCN1C(=O)c2ccc3c4c(ccc(c24)C1=O)CC3)c1ccc(Cl)cc1. The van der Waals surface area contributed by atoms with Crippen molar-refractivity contribution < 1.29 is 14.4 Å². The van der Waals surface area contributed by atoms with Crippen molar-refractivity contribution in [1.82, 2.24) is 10.2 Å². The Balaban J connectivity index is 1.12. The number of aryl methyl sites for hydroxylation is 2. The summed E-state index contributed by atoms with van der Waals surface area (Å²) in [5.41, 5.74) is 4.37. The number of carbonyl (C=O) groups is 3. The maximum atomic E-state index is 13.1. The fourth-order valence-electron chi connectivity index (χ4n) is 4.93. The van der Waals surface area contributed by atoms with E-state index in [1.807, 2.05) is 24.3 Å². The first-order chi connectivity index (χ1) is 16.0. The number of nitrogens with zero attached hydrogens (tertiary/aromatic N) is 1. The minimum atomic E-state index is -0.182. The van der Waals surface area contributed by atoms with Crippen LogP contribution in [0.25, 0.3) is 10.8 Å². The Kier molecular flexibility index (Phi) is 5.90. The molecule has 0 atom stereocenters. The molecule has 0 fully saturated rings. The molecule has 1 aliphatic heterocycles. The molecule has 5 nitrogen and oxygen atoms in total. The van der Waals surface area contributed by atoms with Gasteiger partial charge in [-0.25, -0.2) is 0 Å². The van der Waals surface area contributed by atoms with Crippen molar-refractivity contribution in [2.45, 2.75) is 38.5 Å². The number of hydrogen-bond donors (Lipinski definition) is 1. The van der Waals surface area contributed by atoms with E-state index in [1.165, 1.54) is 16.0 Å². The van der Waals surface area contributed by atoms with Gasteiger partial charge in [-0.15, -0.1) is 0 Å². The van der Waals surface area contributed by atoms with Gasteiger partial charge in [-0.1, -0.05) is 36.6 Å². The smallest absolute Gasteiger partial charge is 0.261 e. The maximum Gasteiger partial charge on any atom is 0.261 e. The molecule has 0 spiro atoms. The number of unbranched alkanes of at least 4 members (excludes halogenated alkanes) is 3. The minimum Gasteiger partial charge on any atom is -0.352 e. The van der Waals surface area contributed by atoms with Crippen LogP contribution in [0.15, 0.2) is 48.5 Å². The molecule has 0 bridgehead atoms. The van der Waals surface area contributed by atoms with E-state index in [0.717, 1.165) is 49.3 Å². The van der Waals surface area contributed by atoms with Crippen molar-refractivity contribution in [3.05, 3.63) is 81.4 Å². The molecule has 3 aromatic rings. The minimum absolute atomic E-state index is 0.112. The van der Waals surface area contributed by atoms with Gasteiger partial charge in [0.15, 0.2) is 0 Å². The predicted octanol–water partition coefficient (Wildman–Crippen LogP) is 5.18. The molecule has 1 aliphatic carbocycles. The van der Waals surface area contributed by atoms with Gasteiger partial charge >= 0.3 is 0 Å². The summed E-state index contributed by atoms with van der Waals surface area (Å²) in [4.78, 5) is 39.7. The second kappa shape index (κ2) is 8.99. The summed E-state index contributed by atoms with van der Waals surface area (Å²) in [6, 6.07) is 14.7. The van der Waals surface area contributed by atoms with Gasteiger partial charge in [0.2, 0.25) is 0 Å². The summed E-state index contributed by atoms with van der Waals surface area (Å²) in [7, 11) is 0. The molecule has 6 heteroatoms. The predicted molar refractivity (Wildman–Crippen MR) is 129 cm³/mol. The first kappa shape index (κ1) is 21.7. The summed E-state index contributed by atoms with van der Waals surface area (Å²) in [6.07, 6.45) is 5.33. The Morgan fingerprint density at radius 3 is 2.03 bits per heavy atom. The van der Waals surface area contributed by atoms with E-state index in [1.54, 1.807) is 24.3 Å². The van der Waals surface area contributed by atoms with Crippen LogP contribution >= 0.6 is 11.6 Å². The highest BCUT2D eigenvalue weighted by molar-refractivity contribution is 6.30. The number of hydrogen-bond acceptors (Lipinski definition) is 3. The van der Waals surface area contributed by atoms with Gasteiger partial charge in [-0.3, -0.25) is 19.3 Å². The van der Waals surface area contributed by atoms with Crippen LogP contribution in [0.5, 0.6) is 0 Å². The van der Waals surface area contributed by atoms with Crippen LogP contribution in [-0.4, -0.2) is 35.7 Å². The van der Waals surface area contributed by atoms with E-state index < -0.39 is 0 Å². The second-order valence-electron chi connectivity index (χ2n) is 8.73. The average molecular weight is 461 g/mol. The Morgan fingerprint density at radius 2 is 1.39 bits per heavy atom. The highest BCUT2D eigenvalue weighted by Gasteiger charge is 2.34. The van der Waals surface area contributed by atoms with Crippen molar-refractivity contribution in [1.29, 1.82) is 0 Å². The van der Waals surface area contributed by atoms with Gasteiger partial charge in [0.05, 0.1) is 0 Å². The van der Waals surface area contributed by atoms with Crippen LogP contribution in [0.3, 0.4) is 0 Å². The fraction of sp³-hybridized carbons (Fsp3) is 0.296. The van der Waals surface area contributed by atoms with Crippen LogP contribution in [-0.2, 0) is 12.8 Å². The van der Waals surface area contributed by atoms with E-state index in [0.29, 0.717) is 34.8 Å². The van der Waals surface area contributed by atoms with Crippen LogP contribution in [0.1, 0.15) is 67.9 Å². The zero-order chi connectivity index (χ0) is 22.9. The summed E-state index contributed by atoms with van der Waals surface area (Å²) in [5.74, 6) is -0.476. The molecular weight excluding hydrogens is 436 g/mol. The van der Waals surface area contributed by atoms with E-state index in [4.69, 9.17) is 11.6 Å². The fourth-order valence-corrected chi connectivity index (χ4v) is 5.05. The summed E-state index contributed by atoms with van der Waals surface area (Å²) < 4.78 is 0. The molecular formula is C27H25ClN2O3. The normalized spacial score (nSPS) is 14.3. The van der Waals surface area contributed by atoms with Crippen LogP contribution < -0.4 is 5.32 Å². The van der Waals surface area contributed by atoms with Crippen molar-refractivity contribution in [2.75, 3.05) is 13.1 Å². The Bertz CT molecular complexity index is 1210. The number of rotatable bonds is 8. The van der Waals surface area contributed by atoms with Crippen LogP contribution in [0.2, 0.25) is 5.02 Å². The number of amides is 3. The molecule has 1 N–H and O–H groups in total. The molecule has 2 aliphatic rings. The zero-order valence-corrected chi connectivity index (χ0v) is 19.1. The van der Waals surface area contributed by atoms with Crippen molar-refractivity contribution in [3.8, 4) is 0 Å². The molecule has 33 heavy (non-hydrogen) atoms. The number of halogens is 1. The number of benzene rings is 3. The molecule has 3 aromatic carbocycles. The lowest BCUT2D eigenvalue weighted by Gasteiger charge is -2.27. The maximum absolute atomic E-state index is 13.1. The number of imide groups is 1. The summed E-state index contributed by atoms with van der Waals surface area (Å²) in [6.45, 7) is 1.00. The number of carbonyl (C=O) groups excluding carboxylic acids is 3. The van der Waals surface area contributed by atoms with E-state index in [9.17, 15) is 14.4 Å². The Morgan fingerprint density at radius 1 is 0.788 bits per heavy atom. The molecule has 168 valence electrons. The molecule has 0 unspecified atom stereocenters. The topological polar surface area (TPSA) is 66.5 Å². The lowest BCUT2D eigenvalue weighted by Crippen LogP contribution is -2.41. The third kappa shape index (κ3) is 4.02. The van der Waals surface area contributed by atoms with Gasteiger partial charge in [-0.05, 0) is 78.6 Å². The Labute approximate surface area is 197 Å². The number of nitrogens with one attached hydrogen (secondary N) is 1. The van der Waals surface area contributed by atoms with Crippen LogP contribution in [0, 0.1) is 0 Å². The van der Waals surface area contributed by atoms with Crippen LogP contribution in [0.4, 0.5) is 0 Å². The zero-order valence-electron chi connectivity index (χ0n) is 18.3. The molecule has 3 amide bonds. The monoisotopic (exact) mass is 460 g/mol. The van der Waals surface area contributed by atoms with Gasteiger partial charge in [-0.2, -0.15) is 0 Å². The quantitative estimate of drug-likeness (QED) is 0.372. The molecule has 0 saturated heterocycles. The molecule has 5 rings (SSSR count). The highest BCUT2D eigenvalue weighted by atomic mass is 35.5. The third-order valence-corrected chi connectivity index (χ3v) is 6.90. The first-order valence-corrected chi connectivity index (χ1v) is 11.9. The largest absolute Gasteiger partial charge is 0.352 e. The lowest BCUT2D eigenvalue weighted by atomic mass is 9.91. The average Bonchev–Trinajstić information content (AvgIpc) is 3.25. The molecule has 0 saturated carbocycles. The third-order valence-electron chi connectivity index (χ3n) is 6.65. The van der Waals surface area contributed by atoms with Crippen molar-refractivity contribution >= 4 is 40.1 Å². The van der Waals surface area contributed by atoms with Gasteiger partial charge in [0.25, 0.3) is 17.7 Å². The molecule has 0 aromatic heterocycles. The van der Waals surface area contributed by atoms with Gasteiger partial charge in [0, 0.05) is 40.2 Å². The lowest BCUT2D eigenvalue weighted by molar-refractivity contribution is 0.0607. The molecule has 0 radical (unpaired) electrons. The first-order valence-electron chi connectivity index (χ1n) is 11.5. The second-order valence-corrected chi connectivity index (χ2v) is 9.17. The van der Waals surface area contributed by atoms with Crippen molar-refractivity contribution in [2.24, 2.45) is 0 Å². The van der Waals surface area contributed by atoms with Gasteiger partial charge in [0.1, 0.15) is 0 Å². The van der Waals surface area contributed by atoms with E-state index >= 15 is 0 Å². The van der Waals surface area contributed by atoms with Gasteiger partial charge < -0.3 is 5.32 Å². The Hall–Kier alpha value is -3.18. The standard InChI is InChI=1S/C27H25ClN2O3/c28-20-11-7-19(8-12-20)25(31)29-15-3-1-2-4-16-30-26(32)21-13-9-17-5-6-18-10-14-22(27(30)33)24(21)23(17)18/h7-14H,1-6,15-16H2,(H,29,31).